The summed E-state index contributed by atoms with van der Waals surface area (Å²) >= 11 is 1.27. The maximum atomic E-state index is 13.0. The highest BCUT2D eigenvalue weighted by Gasteiger charge is 2.30. The Morgan fingerprint density at radius 3 is 2.64 bits per heavy atom. The molecule has 2 aromatic heterocycles. The predicted molar refractivity (Wildman–Crippen MR) is 120 cm³/mol. The second-order valence-electron chi connectivity index (χ2n) is 7.93. The van der Waals surface area contributed by atoms with Crippen LogP contribution in [0, 0.1) is 5.92 Å². The van der Waals surface area contributed by atoms with Gasteiger partial charge in [-0.05, 0) is 36.6 Å². The Morgan fingerprint density at radius 2 is 1.88 bits per heavy atom. The first-order chi connectivity index (χ1) is 15.7. The Hall–Kier alpha value is -3.14. The summed E-state index contributed by atoms with van der Waals surface area (Å²) in [7, 11) is 0. The van der Waals surface area contributed by atoms with Gasteiger partial charge in [0.15, 0.2) is 5.16 Å². The smallest absolute Gasteiger partial charge is 0.338 e. The lowest BCUT2D eigenvalue weighted by Crippen LogP contribution is -2.24. The van der Waals surface area contributed by atoms with Crippen molar-refractivity contribution in [3.05, 3.63) is 70.3 Å². The van der Waals surface area contributed by atoms with Gasteiger partial charge in [-0.1, -0.05) is 55.0 Å². The summed E-state index contributed by atoms with van der Waals surface area (Å²) in [6.45, 7) is 4.69. The van der Waals surface area contributed by atoms with Gasteiger partial charge in [0.1, 0.15) is 0 Å². The van der Waals surface area contributed by atoms with Gasteiger partial charge in [-0.3, -0.25) is 9.36 Å². The summed E-state index contributed by atoms with van der Waals surface area (Å²) in [5.74, 6) is 0.927. The zero-order chi connectivity index (χ0) is 23.6. The average molecular weight is 475 g/mol. The molecular formula is C23H21F3N4O2S. The fourth-order valence-electron chi connectivity index (χ4n) is 3.23. The second kappa shape index (κ2) is 9.38. The molecule has 0 aliphatic carbocycles. The third kappa shape index (κ3) is 5.27. The van der Waals surface area contributed by atoms with E-state index in [4.69, 9.17) is 4.52 Å². The van der Waals surface area contributed by atoms with Crippen LogP contribution in [0.4, 0.5) is 13.2 Å². The number of nitrogens with zero attached hydrogens (tertiary/aromatic N) is 4. The Balaban J connectivity index is 1.59. The quantitative estimate of drug-likeness (QED) is 0.249. The van der Waals surface area contributed by atoms with E-state index in [9.17, 15) is 18.0 Å². The van der Waals surface area contributed by atoms with Gasteiger partial charge in [0.2, 0.25) is 11.7 Å². The minimum Gasteiger partial charge on any atom is -0.338 e. The molecule has 172 valence electrons. The molecule has 0 aliphatic heterocycles. The number of para-hydroxylation sites is 1. The lowest BCUT2D eigenvalue weighted by molar-refractivity contribution is -0.137. The summed E-state index contributed by atoms with van der Waals surface area (Å²) in [6, 6.07) is 11.9. The van der Waals surface area contributed by atoms with E-state index < -0.39 is 11.7 Å². The molecule has 0 fully saturated rings. The molecule has 6 nitrogen and oxygen atoms in total. The van der Waals surface area contributed by atoms with Crippen molar-refractivity contribution in [3.8, 4) is 11.4 Å². The van der Waals surface area contributed by atoms with Crippen LogP contribution < -0.4 is 5.56 Å². The van der Waals surface area contributed by atoms with Crippen molar-refractivity contribution in [2.45, 2.75) is 43.9 Å². The first-order valence-electron chi connectivity index (χ1n) is 10.3. The van der Waals surface area contributed by atoms with Crippen molar-refractivity contribution < 1.29 is 17.7 Å². The molecule has 4 aromatic rings. The van der Waals surface area contributed by atoms with Gasteiger partial charge in [-0.2, -0.15) is 18.2 Å². The molecule has 2 aromatic carbocycles. The Bertz CT molecular complexity index is 1330. The number of rotatable bonds is 7. The van der Waals surface area contributed by atoms with Gasteiger partial charge in [0.05, 0.1) is 22.2 Å². The topological polar surface area (TPSA) is 73.8 Å². The van der Waals surface area contributed by atoms with E-state index in [0.717, 1.165) is 18.6 Å². The number of aromatic nitrogens is 4. The predicted octanol–water partition coefficient (Wildman–Crippen LogP) is 5.80. The van der Waals surface area contributed by atoms with Gasteiger partial charge in [-0.25, -0.2) is 4.98 Å². The van der Waals surface area contributed by atoms with Crippen LogP contribution >= 0.6 is 11.8 Å². The van der Waals surface area contributed by atoms with E-state index in [1.165, 1.54) is 23.9 Å². The SMILES string of the molecule is CC(C)CCn1c(SCc2nc(-c3cccc(C(F)(F)F)c3)no2)nc2ccccc2c1=O. The number of fused-ring (bicyclic) bond motifs is 1. The molecule has 0 amide bonds. The molecule has 0 saturated heterocycles. The van der Waals surface area contributed by atoms with Crippen LogP contribution in [0.15, 0.2) is 63.0 Å². The van der Waals surface area contributed by atoms with Gasteiger partial charge < -0.3 is 4.52 Å². The second-order valence-corrected chi connectivity index (χ2v) is 8.87. The highest BCUT2D eigenvalue weighted by Crippen LogP contribution is 2.32. The monoisotopic (exact) mass is 474 g/mol. The number of hydrogen-bond donors (Lipinski definition) is 0. The van der Waals surface area contributed by atoms with Gasteiger partial charge >= 0.3 is 6.18 Å². The van der Waals surface area contributed by atoms with Crippen LogP contribution in [-0.2, 0) is 18.5 Å². The number of hydrogen-bond acceptors (Lipinski definition) is 6. The maximum Gasteiger partial charge on any atom is 0.416 e. The van der Waals surface area contributed by atoms with Crippen molar-refractivity contribution >= 4 is 22.7 Å². The van der Waals surface area contributed by atoms with Crippen molar-refractivity contribution in [1.29, 1.82) is 0 Å². The minimum absolute atomic E-state index is 0.0698. The van der Waals surface area contributed by atoms with E-state index in [-0.39, 0.29) is 28.6 Å². The molecular weight excluding hydrogens is 453 g/mol. The lowest BCUT2D eigenvalue weighted by atomic mass is 10.1. The van der Waals surface area contributed by atoms with Gasteiger partial charge in [0.25, 0.3) is 5.56 Å². The van der Waals surface area contributed by atoms with Crippen LogP contribution in [-0.4, -0.2) is 19.7 Å². The molecule has 2 heterocycles. The van der Waals surface area contributed by atoms with Gasteiger partial charge in [0, 0.05) is 12.1 Å². The van der Waals surface area contributed by atoms with E-state index in [1.54, 1.807) is 22.8 Å². The normalized spacial score (nSPS) is 12.1. The highest BCUT2D eigenvalue weighted by atomic mass is 32.2. The first-order valence-corrected chi connectivity index (χ1v) is 11.3. The standard InChI is InChI=1S/C23H21F3N4O2S/c1-14(2)10-11-30-21(31)17-8-3-4-9-18(17)27-22(30)33-13-19-28-20(29-32-19)15-6-5-7-16(12-15)23(24,25)26/h3-9,12,14H,10-11,13H2,1-2H3. The molecule has 0 radical (unpaired) electrons. The number of alkyl halides is 3. The Kier molecular flexibility index (Phi) is 6.55. The first kappa shape index (κ1) is 23.0. The van der Waals surface area contributed by atoms with Gasteiger partial charge in [-0.15, -0.1) is 0 Å². The summed E-state index contributed by atoms with van der Waals surface area (Å²) < 4.78 is 45.9. The average Bonchev–Trinajstić information content (AvgIpc) is 3.26. The highest BCUT2D eigenvalue weighted by molar-refractivity contribution is 7.98. The van der Waals surface area contributed by atoms with Crippen LogP contribution in [0.5, 0.6) is 0 Å². The Morgan fingerprint density at radius 1 is 1.09 bits per heavy atom. The largest absolute Gasteiger partial charge is 0.416 e. The lowest BCUT2D eigenvalue weighted by Gasteiger charge is -2.13. The van der Waals surface area contributed by atoms with Crippen LogP contribution in [0.25, 0.3) is 22.3 Å². The molecule has 0 bridgehead atoms. The molecule has 0 saturated carbocycles. The third-order valence-corrected chi connectivity index (χ3v) is 5.96. The summed E-state index contributed by atoms with van der Waals surface area (Å²) in [6.07, 6.45) is -3.65. The minimum atomic E-state index is -4.46. The third-order valence-electron chi connectivity index (χ3n) is 5.00. The molecule has 33 heavy (non-hydrogen) atoms. The molecule has 10 heteroatoms. The van der Waals surface area contributed by atoms with Crippen molar-refractivity contribution in [1.82, 2.24) is 19.7 Å². The molecule has 4 rings (SSSR count). The zero-order valence-electron chi connectivity index (χ0n) is 18.0. The molecule has 0 aliphatic rings. The molecule has 0 N–H and O–H groups in total. The van der Waals surface area contributed by atoms with E-state index in [2.05, 4.69) is 29.0 Å². The Labute approximate surface area is 191 Å². The number of benzene rings is 2. The van der Waals surface area contributed by atoms with Crippen LogP contribution in [0.2, 0.25) is 0 Å². The summed E-state index contributed by atoms with van der Waals surface area (Å²) in [4.78, 5) is 21.9. The summed E-state index contributed by atoms with van der Waals surface area (Å²) in [5.41, 5.74) is -0.0855. The molecule has 0 spiro atoms. The van der Waals surface area contributed by atoms with Crippen LogP contribution in [0.1, 0.15) is 31.7 Å². The number of halogens is 3. The van der Waals surface area contributed by atoms with E-state index >= 15 is 0 Å². The van der Waals surface area contributed by atoms with Crippen LogP contribution in [0.3, 0.4) is 0 Å². The fraction of sp³-hybridized carbons (Fsp3) is 0.304. The maximum absolute atomic E-state index is 13.0. The van der Waals surface area contributed by atoms with E-state index in [1.807, 2.05) is 6.07 Å². The molecule has 0 unspecified atom stereocenters. The molecule has 0 atom stereocenters. The van der Waals surface area contributed by atoms with Crippen molar-refractivity contribution in [2.75, 3.05) is 0 Å². The van der Waals surface area contributed by atoms with E-state index in [0.29, 0.717) is 28.5 Å². The van der Waals surface area contributed by atoms with Crippen molar-refractivity contribution in [3.63, 3.8) is 0 Å². The fourth-order valence-corrected chi connectivity index (χ4v) is 4.10. The summed E-state index contributed by atoms with van der Waals surface area (Å²) in [5, 5.41) is 4.89. The van der Waals surface area contributed by atoms with Crippen molar-refractivity contribution in [2.24, 2.45) is 5.92 Å². The number of thioether (sulfide) groups is 1. The zero-order valence-corrected chi connectivity index (χ0v) is 18.8.